The second kappa shape index (κ2) is 9.36. The Balaban J connectivity index is 1.16. The van der Waals surface area contributed by atoms with Gasteiger partial charge in [-0.3, -0.25) is 9.59 Å². The number of benzene rings is 2. The maximum Gasteiger partial charge on any atom is 0.407 e. The highest BCUT2D eigenvalue weighted by molar-refractivity contribution is 5.82. The summed E-state index contributed by atoms with van der Waals surface area (Å²) in [6.45, 7) is 2.69. The summed E-state index contributed by atoms with van der Waals surface area (Å²) in [6, 6.07) is 16.3. The minimum absolute atomic E-state index is 0.00699. The van der Waals surface area contributed by atoms with Crippen LogP contribution >= 0.6 is 0 Å². The van der Waals surface area contributed by atoms with Crippen molar-refractivity contribution >= 4 is 18.0 Å². The van der Waals surface area contributed by atoms with Gasteiger partial charge in [-0.25, -0.2) is 4.79 Å². The number of likely N-dealkylation sites (tertiary alicyclic amines) is 1. The van der Waals surface area contributed by atoms with E-state index >= 15 is 0 Å². The fourth-order valence-corrected chi connectivity index (χ4v) is 5.93. The predicted octanol–water partition coefficient (Wildman–Crippen LogP) is 4.41. The van der Waals surface area contributed by atoms with E-state index in [0.717, 1.165) is 19.3 Å². The number of alkyl carbamates (subject to hydrolysis) is 1. The molecule has 0 radical (unpaired) electrons. The van der Waals surface area contributed by atoms with Crippen molar-refractivity contribution in [3.8, 4) is 11.1 Å². The molecule has 2 amide bonds. The maximum atomic E-state index is 13.1. The number of carboxylic acids is 1. The molecule has 3 aliphatic rings. The van der Waals surface area contributed by atoms with E-state index in [1.165, 1.54) is 22.3 Å². The minimum atomic E-state index is -0.872. The lowest BCUT2D eigenvalue weighted by Crippen LogP contribution is -2.44. The van der Waals surface area contributed by atoms with E-state index in [4.69, 9.17) is 4.74 Å². The zero-order chi connectivity index (χ0) is 24.6. The summed E-state index contributed by atoms with van der Waals surface area (Å²) in [5.74, 6) is -1.04. The molecule has 1 aliphatic heterocycles. The molecule has 7 heteroatoms. The lowest BCUT2D eigenvalue weighted by molar-refractivity contribution is -0.147. The molecule has 1 heterocycles. The Hall–Kier alpha value is -3.35. The molecule has 1 unspecified atom stereocenters. The summed E-state index contributed by atoms with van der Waals surface area (Å²) in [6.07, 6.45) is 2.99. The molecular formula is C28H32N2O5. The van der Waals surface area contributed by atoms with Gasteiger partial charge in [0, 0.05) is 31.0 Å². The first-order valence-electron chi connectivity index (χ1n) is 12.5. The number of ether oxygens (including phenoxy) is 1. The van der Waals surface area contributed by atoms with Gasteiger partial charge in [-0.2, -0.15) is 0 Å². The Labute approximate surface area is 205 Å². The Bertz CT molecular complexity index is 1100. The standard InChI is InChI=1S/C28H32N2O5/c1-28(26(32)33)13-14-30(17-28)25(31)18-7-6-8-19(15-18)29-27(34)35-16-24-22-11-4-2-9-20(22)21-10-3-5-12-23(21)24/h2-5,9-12,18-19,24H,6-8,13-17H2,1H3,(H,29,34)(H,32,33)/t18-,19+,28?/m0/s1. The summed E-state index contributed by atoms with van der Waals surface area (Å²) in [5.41, 5.74) is 3.84. The molecule has 7 nitrogen and oxygen atoms in total. The van der Waals surface area contributed by atoms with Gasteiger partial charge in [0.1, 0.15) is 6.61 Å². The molecule has 3 atom stereocenters. The van der Waals surface area contributed by atoms with Crippen LogP contribution in [0.1, 0.15) is 56.1 Å². The second-order valence-corrected chi connectivity index (χ2v) is 10.4. The van der Waals surface area contributed by atoms with E-state index in [1.807, 2.05) is 24.3 Å². The van der Waals surface area contributed by atoms with Gasteiger partial charge in [-0.1, -0.05) is 55.0 Å². The highest BCUT2D eigenvalue weighted by Crippen LogP contribution is 2.44. The maximum absolute atomic E-state index is 13.1. The molecule has 1 saturated carbocycles. The highest BCUT2D eigenvalue weighted by atomic mass is 16.5. The zero-order valence-corrected chi connectivity index (χ0v) is 20.0. The van der Waals surface area contributed by atoms with Crippen LogP contribution in [-0.4, -0.2) is 53.7 Å². The number of nitrogens with zero attached hydrogens (tertiary/aromatic N) is 1. The molecule has 0 bridgehead atoms. The number of amides is 2. The lowest BCUT2D eigenvalue weighted by Gasteiger charge is -2.31. The SMILES string of the molecule is CC1(C(=O)O)CCN(C(=O)[C@H]2CCC[C@@H](NC(=O)OCC3c4ccccc4-c4ccccc43)C2)C1. The first-order chi connectivity index (χ1) is 16.9. The quantitative estimate of drug-likeness (QED) is 0.667. The Kier molecular flexibility index (Phi) is 6.26. The Morgan fingerprint density at radius 1 is 1.06 bits per heavy atom. The van der Waals surface area contributed by atoms with Gasteiger partial charge in [0.05, 0.1) is 5.41 Å². The van der Waals surface area contributed by atoms with Crippen molar-refractivity contribution in [2.75, 3.05) is 19.7 Å². The molecule has 35 heavy (non-hydrogen) atoms. The number of carbonyl (C=O) groups excluding carboxylic acids is 2. The van der Waals surface area contributed by atoms with Crippen LogP contribution in [0.5, 0.6) is 0 Å². The largest absolute Gasteiger partial charge is 0.481 e. The Morgan fingerprint density at radius 3 is 2.34 bits per heavy atom. The third-order valence-electron chi connectivity index (χ3n) is 7.99. The van der Waals surface area contributed by atoms with Gasteiger partial charge in [0.2, 0.25) is 5.91 Å². The van der Waals surface area contributed by atoms with Gasteiger partial charge in [0.25, 0.3) is 0 Å². The number of hydrogen-bond acceptors (Lipinski definition) is 4. The van der Waals surface area contributed by atoms with E-state index in [1.54, 1.807) is 11.8 Å². The number of carbonyl (C=O) groups is 3. The molecule has 5 rings (SSSR count). The molecule has 2 N–H and O–H groups in total. The van der Waals surface area contributed by atoms with Crippen molar-refractivity contribution in [3.05, 3.63) is 59.7 Å². The fourth-order valence-electron chi connectivity index (χ4n) is 5.93. The van der Waals surface area contributed by atoms with Crippen molar-refractivity contribution in [2.24, 2.45) is 11.3 Å². The van der Waals surface area contributed by atoms with Gasteiger partial charge in [-0.15, -0.1) is 0 Å². The van der Waals surface area contributed by atoms with Crippen molar-refractivity contribution in [2.45, 2.75) is 51.0 Å². The van der Waals surface area contributed by atoms with Crippen molar-refractivity contribution in [1.29, 1.82) is 0 Å². The first-order valence-corrected chi connectivity index (χ1v) is 12.5. The molecule has 0 spiro atoms. The smallest absolute Gasteiger partial charge is 0.407 e. The lowest BCUT2D eigenvalue weighted by atomic mass is 9.84. The van der Waals surface area contributed by atoms with Crippen LogP contribution < -0.4 is 5.32 Å². The highest BCUT2D eigenvalue weighted by Gasteiger charge is 2.44. The normalized spacial score (nSPS) is 25.6. The van der Waals surface area contributed by atoms with Gasteiger partial charge in [-0.05, 0) is 54.9 Å². The van der Waals surface area contributed by atoms with Crippen LogP contribution in [0.3, 0.4) is 0 Å². The van der Waals surface area contributed by atoms with Crippen LogP contribution in [0.4, 0.5) is 4.79 Å². The molecule has 184 valence electrons. The minimum Gasteiger partial charge on any atom is -0.481 e. The van der Waals surface area contributed by atoms with E-state index in [0.29, 0.717) is 19.4 Å². The first kappa shape index (κ1) is 23.4. The van der Waals surface area contributed by atoms with Crippen molar-refractivity contribution < 1.29 is 24.2 Å². The number of aliphatic carboxylic acids is 1. The fraction of sp³-hybridized carbons (Fsp3) is 0.464. The van der Waals surface area contributed by atoms with E-state index in [-0.39, 0.29) is 36.9 Å². The molecule has 1 saturated heterocycles. The van der Waals surface area contributed by atoms with Crippen molar-refractivity contribution in [1.82, 2.24) is 10.2 Å². The number of rotatable bonds is 5. The number of nitrogens with one attached hydrogen (secondary N) is 1. The van der Waals surface area contributed by atoms with Crippen LogP contribution in [0.25, 0.3) is 11.1 Å². The average Bonchev–Trinajstić information content (AvgIpc) is 3.42. The topological polar surface area (TPSA) is 95.9 Å². The Morgan fingerprint density at radius 2 is 1.71 bits per heavy atom. The van der Waals surface area contributed by atoms with Gasteiger partial charge < -0.3 is 20.1 Å². The van der Waals surface area contributed by atoms with Gasteiger partial charge in [0.15, 0.2) is 0 Å². The molecular weight excluding hydrogens is 444 g/mol. The molecule has 0 aromatic heterocycles. The summed E-state index contributed by atoms with van der Waals surface area (Å²) in [5, 5.41) is 12.4. The van der Waals surface area contributed by atoms with E-state index < -0.39 is 17.5 Å². The number of hydrogen-bond donors (Lipinski definition) is 2. The van der Waals surface area contributed by atoms with Gasteiger partial charge >= 0.3 is 12.1 Å². The number of carboxylic acid groups (broad SMARTS) is 1. The van der Waals surface area contributed by atoms with Crippen LogP contribution in [0.2, 0.25) is 0 Å². The predicted molar refractivity (Wildman–Crippen MR) is 131 cm³/mol. The third kappa shape index (κ3) is 4.51. The number of fused-ring (bicyclic) bond motifs is 3. The monoisotopic (exact) mass is 476 g/mol. The third-order valence-corrected chi connectivity index (χ3v) is 7.99. The second-order valence-electron chi connectivity index (χ2n) is 10.4. The van der Waals surface area contributed by atoms with E-state index in [9.17, 15) is 19.5 Å². The summed E-state index contributed by atoms with van der Waals surface area (Å²) >= 11 is 0. The summed E-state index contributed by atoms with van der Waals surface area (Å²) in [4.78, 5) is 39.0. The van der Waals surface area contributed by atoms with Crippen LogP contribution in [-0.2, 0) is 14.3 Å². The van der Waals surface area contributed by atoms with Crippen LogP contribution in [0, 0.1) is 11.3 Å². The summed E-state index contributed by atoms with van der Waals surface area (Å²) < 4.78 is 5.68. The molecule has 2 aromatic rings. The van der Waals surface area contributed by atoms with Crippen molar-refractivity contribution in [3.63, 3.8) is 0 Å². The van der Waals surface area contributed by atoms with E-state index in [2.05, 4.69) is 29.6 Å². The molecule has 2 fully saturated rings. The zero-order valence-electron chi connectivity index (χ0n) is 20.0. The van der Waals surface area contributed by atoms with Crippen LogP contribution in [0.15, 0.2) is 48.5 Å². The molecule has 2 aromatic carbocycles. The molecule has 2 aliphatic carbocycles. The average molecular weight is 477 g/mol. The summed E-state index contributed by atoms with van der Waals surface area (Å²) in [7, 11) is 0.